The number of aliphatic hydroxyl groups is 1. The molecule has 0 aliphatic rings. The standard InChI is InChI=1S/C18H18Cl2FNO2/c1-3-18(24,13-5-4-6-14(19)10-13)17(23)22(2)11-12-9-15(20)7-8-16(12)21/h4-10,24H,3,11H2,1-2H3. The molecule has 3 nitrogen and oxygen atoms in total. The average molecular weight is 370 g/mol. The van der Waals surface area contributed by atoms with Crippen molar-refractivity contribution in [3.05, 3.63) is 69.5 Å². The first-order chi connectivity index (χ1) is 11.3. The second-order valence-corrected chi connectivity index (χ2v) is 6.49. The van der Waals surface area contributed by atoms with Crippen LogP contribution < -0.4 is 0 Å². The van der Waals surface area contributed by atoms with Crippen LogP contribution in [-0.4, -0.2) is 23.0 Å². The van der Waals surface area contributed by atoms with E-state index < -0.39 is 17.3 Å². The van der Waals surface area contributed by atoms with Gasteiger partial charge in [0.15, 0.2) is 5.60 Å². The van der Waals surface area contributed by atoms with Crippen LogP contribution in [-0.2, 0) is 16.9 Å². The number of hydrogen-bond acceptors (Lipinski definition) is 2. The summed E-state index contributed by atoms with van der Waals surface area (Å²) in [5.41, 5.74) is -1.04. The van der Waals surface area contributed by atoms with E-state index in [0.29, 0.717) is 15.6 Å². The number of carbonyl (C=O) groups is 1. The monoisotopic (exact) mass is 369 g/mol. The third kappa shape index (κ3) is 3.89. The van der Waals surface area contributed by atoms with Crippen molar-refractivity contribution in [2.45, 2.75) is 25.5 Å². The number of benzene rings is 2. The van der Waals surface area contributed by atoms with Crippen molar-refractivity contribution in [2.75, 3.05) is 7.05 Å². The lowest BCUT2D eigenvalue weighted by atomic mass is 9.89. The summed E-state index contributed by atoms with van der Waals surface area (Å²) < 4.78 is 13.9. The van der Waals surface area contributed by atoms with Crippen molar-refractivity contribution >= 4 is 29.1 Å². The van der Waals surface area contributed by atoms with Gasteiger partial charge in [0, 0.05) is 29.2 Å². The largest absolute Gasteiger partial charge is 0.375 e. The first kappa shape index (κ1) is 18.7. The molecule has 0 aliphatic carbocycles. The number of halogens is 3. The number of amides is 1. The number of carbonyl (C=O) groups excluding carboxylic acids is 1. The minimum atomic E-state index is -1.73. The molecule has 24 heavy (non-hydrogen) atoms. The van der Waals surface area contributed by atoms with Crippen molar-refractivity contribution in [3.63, 3.8) is 0 Å². The van der Waals surface area contributed by atoms with Gasteiger partial charge in [-0.3, -0.25) is 4.79 Å². The van der Waals surface area contributed by atoms with Gasteiger partial charge in [-0.2, -0.15) is 0 Å². The molecular weight excluding hydrogens is 352 g/mol. The Bertz CT molecular complexity index is 754. The summed E-state index contributed by atoms with van der Waals surface area (Å²) in [6.45, 7) is 1.70. The predicted molar refractivity (Wildman–Crippen MR) is 93.5 cm³/mol. The first-order valence-corrected chi connectivity index (χ1v) is 8.21. The van der Waals surface area contributed by atoms with E-state index in [2.05, 4.69) is 0 Å². The lowest BCUT2D eigenvalue weighted by molar-refractivity contribution is -0.152. The topological polar surface area (TPSA) is 40.5 Å². The van der Waals surface area contributed by atoms with Gasteiger partial charge in [0.2, 0.25) is 0 Å². The smallest absolute Gasteiger partial charge is 0.259 e. The van der Waals surface area contributed by atoms with Gasteiger partial charge in [0.25, 0.3) is 5.91 Å². The number of rotatable bonds is 5. The maximum absolute atomic E-state index is 13.9. The maximum atomic E-state index is 13.9. The number of likely N-dealkylation sites (N-methyl/N-ethyl adjacent to an activating group) is 1. The van der Waals surface area contributed by atoms with Crippen LogP contribution >= 0.6 is 23.2 Å². The molecule has 0 aromatic heterocycles. The lowest BCUT2D eigenvalue weighted by Gasteiger charge is -2.31. The molecule has 6 heteroatoms. The van der Waals surface area contributed by atoms with E-state index in [1.54, 1.807) is 31.2 Å². The molecule has 1 atom stereocenters. The highest BCUT2D eigenvalue weighted by molar-refractivity contribution is 6.30. The van der Waals surface area contributed by atoms with E-state index >= 15 is 0 Å². The van der Waals surface area contributed by atoms with Crippen LogP contribution in [0.3, 0.4) is 0 Å². The van der Waals surface area contributed by atoms with Crippen LogP contribution in [0.2, 0.25) is 10.0 Å². The molecule has 0 heterocycles. The molecule has 0 saturated heterocycles. The van der Waals surface area contributed by atoms with Gasteiger partial charge >= 0.3 is 0 Å². The van der Waals surface area contributed by atoms with Crippen molar-refractivity contribution in [1.29, 1.82) is 0 Å². The van der Waals surface area contributed by atoms with Gasteiger partial charge in [0.1, 0.15) is 5.82 Å². The Kier molecular flexibility index (Phi) is 5.86. The zero-order valence-corrected chi connectivity index (χ0v) is 14.9. The summed E-state index contributed by atoms with van der Waals surface area (Å²) in [6, 6.07) is 10.7. The van der Waals surface area contributed by atoms with Crippen LogP contribution in [0.4, 0.5) is 4.39 Å². The molecular formula is C18H18Cl2FNO2. The minimum absolute atomic E-state index is 0.00585. The summed E-state index contributed by atoms with van der Waals surface area (Å²) in [7, 11) is 1.51. The first-order valence-electron chi connectivity index (χ1n) is 7.46. The third-order valence-corrected chi connectivity index (χ3v) is 4.40. The van der Waals surface area contributed by atoms with Crippen molar-refractivity contribution in [3.8, 4) is 0 Å². The molecule has 0 bridgehead atoms. The van der Waals surface area contributed by atoms with Crippen LogP contribution in [0.5, 0.6) is 0 Å². The van der Waals surface area contributed by atoms with Gasteiger partial charge < -0.3 is 10.0 Å². The van der Waals surface area contributed by atoms with E-state index in [4.69, 9.17) is 23.2 Å². The normalized spacial score (nSPS) is 13.4. The highest BCUT2D eigenvalue weighted by Gasteiger charge is 2.38. The van der Waals surface area contributed by atoms with Gasteiger partial charge in [-0.05, 0) is 42.3 Å². The fourth-order valence-corrected chi connectivity index (χ4v) is 2.92. The zero-order chi connectivity index (χ0) is 17.9. The Morgan fingerprint density at radius 1 is 1.21 bits per heavy atom. The minimum Gasteiger partial charge on any atom is -0.375 e. The quantitative estimate of drug-likeness (QED) is 0.848. The summed E-state index contributed by atoms with van der Waals surface area (Å²) in [4.78, 5) is 14.1. The Balaban J connectivity index is 2.29. The van der Waals surface area contributed by atoms with E-state index in [9.17, 15) is 14.3 Å². The second-order valence-electron chi connectivity index (χ2n) is 5.62. The molecule has 2 aromatic carbocycles. The lowest BCUT2D eigenvalue weighted by Crippen LogP contribution is -2.44. The molecule has 0 saturated carbocycles. The molecule has 2 aromatic rings. The van der Waals surface area contributed by atoms with E-state index in [1.165, 1.54) is 30.1 Å². The van der Waals surface area contributed by atoms with Crippen molar-refractivity contribution in [2.24, 2.45) is 0 Å². The van der Waals surface area contributed by atoms with Crippen LogP contribution in [0.15, 0.2) is 42.5 Å². The zero-order valence-electron chi connectivity index (χ0n) is 13.4. The molecule has 1 amide bonds. The van der Waals surface area contributed by atoms with E-state index in [1.807, 2.05) is 0 Å². The van der Waals surface area contributed by atoms with Gasteiger partial charge in [-0.1, -0.05) is 42.3 Å². The molecule has 1 unspecified atom stereocenters. The maximum Gasteiger partial charge on any atom is 0.259 e. The van der Waals surface area contributed by atoms with Crippen molar-refractivity contribution in [1.82, 2.24) is 4.90 Å². The van der Waals surface area contributed by atoms with Crippen LogP contribution in [0, 0.1) is 5.82 Å². The molecule has 0 aliphatic heterocycles. The SMILES string of the molecule is CCC(O)(C(=O)N(C)Cc1cc(Cl)ccc1F)c1cccc(Cl)c1. The Labute approximate surface area is 150 Å². The van der Waals surface area contributed by atoms with Crippen molar-refractivity contribution < 1.29 is 14.3 Å². The summed E-state index contributed by atoms with van der Waals surface area (Å²) in [6.07, 6.45) is 0.161. The molecule has 2 rings (SSSR count). The predicted octanol–water partition coefficient (Wildman–Crippen LogP) is 4.39. The Morgan fingerprint density at radius 3 is 2.50 bits per heavy atom. The molecule has 128 valence electrons. The fourth-order valence-electron chi connectivity index (χ4n) is 2.53. The Hall–Kier alpha value is -1.62. The molecule has 0 fully saturated rings. The number of nitrogens with zero attached hydrogens (tertiary/aromatic N) is 1. The van der Waals surface area contributed by atoms with E-state index in [-0.39, 0.29) is 18.5 Å². The van der Waals surface area contributed by atoms with E-state index in [0.717, 1.165) is 0 Å². The fraction of sp³-hybridized carbons (Fsp3) is 0.278. The summed E-state index contributed by atoms with van der Waals surface area (Å²) >= 11 is 11.8. The van der Waals surface area contributed by atoms with Crippen LogP contribution in [0.1, 0.15) is 24.5 Å². The molecule has 0 radical (unpaired) electrons. The molecule has 1 N–H and O–H groups in total. The highest BCUT2D eigenvalue weighted by atomic mass is 35.5. The summed E-state index contributed by atoms with van der Waals surface area (Å²) in [5.74, 6) is -0.992. The van der Waals surface area contributed by atoms with Crippen LogP contribution in [0.25, 0.3) is 0 Å². The number of hydrogen-bond donors (Lipinski definition) is 1. The average Bonchev–Trinajstić information content (AvgIpc) is 2.56. The highest BCUT2D eigenvalue weighted by Crippen LogP contribution is 2.29. The summed E-state index contributed by atoms with van der Waals surface area (Å²) in [5, 5.41) is 11.7. The van der Waals surface area contributed by atoms with Gasteiger partial charge in [0.05, 0.1) is 0 Å². The Morgan fingerprint density at radius 2 is 1.88 bits per heavy atom. The van der Waals surface area contributed by atoms with Gasteiger partial charge in [-0.25, -0.2) is 4.39 Å². The second kappa shape index (κ2) is 7.51. The third-order valence-electron chi connectivity index (χ3n) is 3.93. The molecule has 0 spiro atoms. The van der Waals surface area contributed by atoms with Gasteiger partial charge in [-0.15, -0.1) is 0 Å².